The molecule has 9 heteroatoms. The number of hydrogen-bond donors (Lipinski definition) is 1. The predicted molar refractivity (Wildman–Crippen MR) is 120 cm³/mol. The molecule has 1 aromatic carbocycles. The second kappa shape index (κ2) is 9.12. The second-order valence-electron chi connectivity index (χ2n) is 7.20. The minimum Gasteiger partial charge on any atom is -0.494 e. The van der Waals surface area contributed by atoms with Crippen molar-refractivity contribution in [2.45, 2.75) is 0 Å². The van der Waals surface area contributed by atoms with E-state index in [0.717, 1.165) is 11.3 Å². The molecule has 0 atom stereocenters. The summed E-state index contributed by atoms with van der Waals surface area (Å²) in [4.78, 5) is 36.5. The van der Waals surface area contributed by atoms with Crippen molar-refractivity contribution in [3.05, 3.63) is 65.1 Å². The quantitative estimate of drug-likeness (QED) is 0.278. The Labute approximate surface area is 189 Å². The van der Waals surface area contributed by atoms with Gasteiger partial charge in [0.2, 0.25) is 0 Å². The lowest BCUT2D eigenvalue weighted by Gasteiger charge is -2.37. The zero-order valence-corrected chi connectivity index (χ0v) is 18.1. The molecule has 0 saturated carbocycles. The van der Waals surface area contributed by atoms with Gasteiger partial charge in [-0.1, -0.05) is 41.9 Å². The van der Waals surface area contributed by atoms with Crippen LogP contribution in [0.25, 0.3) is 16.6 Å². The van der Waals surface area contributed by atoms with Crippen LogP contribution in [0, 0.1) is 11.3 Å². The number of ether oxygens (including phenoxy) is 1. The van der Waals surface area contributed by atoms with Crippen LogP contribution in [0.2, 0.25) is 5.15 Å². The smallest absolute Gasteiger partial charge is 0.295 e. The molecule has 8 nitrogen and oxygen atoms in total. The number of allylic oxidation sites excluding steroid dienone is 1. The Hall–Kier alpha value is -3.83. The number of nitriles is 1. The van der Waals surface area contributed by atoms with Gasteiger partial charge in [-0.25, -0.2) is 4.98 Å². The molecule has 4 rings (SSSR count). The zero-order chi connectivity index (χ0) is 22.7. The van der Waals surface area contributed by atoms with Crippen LogP contribution < -0.4 is 4.74 Å². The number of aromatic amines is 1. The van der Waals surface area contributed by atoms with E-state index in [1.54, 1.807) is 0 Å². The fraction of sp³-hybridized carbons (Fsp3) is 0.217. The number of Topliss-reactive ketones (excluding diaryl/α,β-unsaturated/α-hetero) is 1. The van der Waals surface area contributed by atoms with Crippen LogP contribution in [-0.4, -0.2) is 64.7 Å². The second-order valence-corrected chi connectivity index (χ2v) is 7.56. The van der Waals surface area contributed by atoms with Gasteiger partial charge in [0.1, 0.15) is 5.75 Å². The van der Waals surface area contributed by atoms with Gasteiger partial charge in [0.25, 0.3) is 11.7 Å². The van der Waals surface area contributed by atoms with E-state index in [1.807, 2.05) is 35.2 Å². The van der Waals surface area contributed by atoms with Crippen LogP contribution in [0.3, 0.4) is 0 Å². The van der Waals surface area contributed by atoms with Crippen molar-refractivity contribution in [1.29, 1.82) is 5.26 Å². The first-order valence-electron chi connectivity index (χ1n) is 9.98. The number of halogens is 1. The zero-order valence-electron chi connectivity index (χ0n) is 17.3. The van der Waals surface area contributed by atoms with Gasteiger partial charge in [-0.15, -0.1) is 0 Å². The van der Waals surface area contributed by atoms with E-state index < -0.39 is 11.7 Å². The Bertz CT molecular complexity index is 1240. The van der Waals surface area contributed by atoms with Crippen LogP contribution in [0.15, 0.2) is 48.8 Å². The summed E-state index contributed by atoms with van der Waals surface area (Å²) in [5.74, 6) is -0.868. The molecule has 2 aromatic heterocycles. The van der Waals surface area contributed by atoms with Gasteiger partial charge in [-0.2, -0.15) is 5.26 Å². The normalized spacial score (nSPS) is 14.3. The van der Waals surface area contributed by atoms with Crippen molar-refractivity contribution in [1.82, 2.24) is 19.8 Å². The van der Waals surface area contributed by atoms with E-state index >= 15 is 0 Å². The summed E-state index contributed by atoms with van der Waals surface area (Å²) in [6.45, 7) is 1.74. The maximum absolute atomic E-state index is 13.0. The summed E-state index contributed by atoms with van der Waals surface area (Å²) >= 11 is 6.12. The standard InChI is InChI=1S/C23H20ClN5O3/c1-32-18-14-27-22(24)20-19(18)16(13-26-20)21(30)23(31)29-11-9-28(10-12-29)17(7-8-25)15-5-3-2-4-6-15/h2-7,13-14,26H,9-12H2,1H3. The minimum absolute atomic E-state index is 0.193. The number of pyridine rings is 1. The summed E-state index contributed by atoms with van der Waals surface area (Å²) in [5, 5.41) is 9.84. The van der Waals surface area contributed by atoms with Gasteiger partial charge in [0.05, 0.1) is 41.5 Å². The van der Waals surface area contributed by atoms with Crippen molar-refractivity contribution < 1.29 is 14.3 Å². The molecule has 162 valence electrons. The van der Waals surface area contributed by atoms with E-state index in [-0.39, 0.29) is 10.7 Å². The number of nitrogens with zero attached hydrogens (tertiary/aromatic N) is 4. The predicted octanol–water partition coefficient (Wildman–Crippen LogP) is 3.12. The van der Waals surface area contributed by atoms with Crippen LogP contribution in [-0.2, 0) is 4.79 Å². The average molecular weight is 450 g/mol. The van der Waals surface area contributed by atoms with Crippen LogP contribution in [0.1, 0.15) is 15.9 Å². The van der Waals surface area contributed by atoms with E-state index in [2.05, 4.69) is 16.0 Å². The van der Waals surface area contributed by atoms with E-state index in [0.29, 0.717) is 42.8 Å². The maximum Gasteiger partial charge on any atom is 0.295 e. The molecular weight excluding hydrogens is 430 g/mol. The molecule has 0 spiro atoms. The average Bonchev–Trinajstić information content (AvgIpc) is 3.29. The molecule has 3 aromatic rings. The lowest BCUT2D eigenvalue weighted by Crippen LogP contribution is -2.49. The number of carbonyl (C=O) groups is 2. The minimum atomic E-state index is -0.638. The highest BCUT2D eigenvalue weighted by Crippen LogP contribution is 2.32. The molecule has 1 saturated heterocycles. The van der Waals surface area contributed by atoms with Crippen molar-refractivity contribution in [2.75, 3.05) is 33.3 Å². The first-order chi connectivity index (χ1) is 15.5. The fourth-order valence-electron chi connectivity index (χ4n) is 3.86. The maximum atomic E-state index is 13.0. The number of nitrogens with one attached hydrogen (secondary N) is 1. The molecule has 1 aliphatic rings. The first kappa shape index (κ1) is 21.4. The largest absolute Gasteiger partial charge is 0.494 e. The van der Waals surface area contributed by atoms with Gasteiger partial charge in [-0.3, -0.25) is 9.59 Å². The third-order valence-electron chi connectivity index (χ3n) is 5.47. The number of fused-ring (bicyclic) bond motifs is 1. The lowest BCUT2D eigenvalue weighted by molar-refractivity contribution is -0.127. The summed E-state index contributed by atoms with van der Waals surface area (Å²) in [5.41, 5.74) is 2.38. The number of benzene rings is 1. The highest BCUT2D eigenvalue weighted by atomic mass is 35.5. The molecule has 32 heavy (non-hydrogen) atoms. The molecule has 0 bridgehead atoms. The topological polar surface area (TPSA) is 102 Å². The summed E-state index contributed by atoms with van der Waals surface area (Å²) in [6.07, 6.45) is 4.39. The molecule has 1 fully saturated rings. The number of aromatic nitrogens is 2. The lowest BCUT2D eigenvalue weighted by atomic mass is 10.1. The number of ketones is 1. The monoisotopic (exact) mass is 449 g/mol. The highest BCUT2D eigenvalue weighted by Gasteiger charge is 2.30. The SMILES string of the molecule is COc1cnc(Cl)c2[nH]cc(C(=O)C(=O)N3CCN(C(=CC#N)c4ccccc4)CC3)c12. The van der Waals surface area contributed by atoms with Gasteiger partial charge in [0.15, 0.2) is 5.15 Å². The summed E-state index contributed by atoms with van der Waals surface area (Å²) in [6, 6.07) is 11.7. The van der Waals surface area contributed by atoms with Crippen LogP contribution in [0.4, 0.5) is 0 Å². The summed E-state index contributed by atoms with van der Waals surface area (Å²) in [7, 11) is 1.46. The number of rotatable bonds is 5. The van der Waals surface area contributed by atoms with Gasteiger partial charge in [0, 0.05) is 38.5 Å². The number of amides is 1. The van der Waals surface area contributed by atoms with Crippen molar-refractivity contribution in [2.24, 2.45) is 0 Å². The highest BCUT2D eigenvalue weighted by molar-refractivity contribution is 6.45. The van der Waals surface area contributed by atoms with Crippen molar-refractivity contribution >= 4 is 39.9 Å². The first-order valence-corrected chi connectivity index (χ1v) is 10.4. The third-order valence-corrected chi connectivity index (χ3v) is 5.75. The van der Waals surface area contributed by atoms with E-state index in [4.69, 9.17) is 16.3 Å². The molecular formula is C23H20ClN5O3. The van der Waals surface area contributed by atoms with Crippen molar-refractivity contribution in [3.63, 3.8) is 0 Å². The van der Waals surface area contributed by atoms with E-state index in [1.165, 1.54) is 30.5 Å². The third kappa shape index (κ3) is 3.90. The van der Waals surface area contributed by atoms with Gasteiger partial charge >= 0.3 is 0 Å². The Balaban J connectivity index is 1.51. The number of piperazine rings is 1. The molecule has 1 aliphatic heterocycles. The number of H-pyrrole nitrogens is 1. The Morgan fingerprint density at radius 1 is 1.19 bits per heavy atom. The number of hydrogen-bond acceptors (Lipinski definition) is 6. The molecule has 0 aliphatic carbocycles. The summed E-state index contributed by atoms with van der Waals surface area (Å²) < 4.78 is 5.30. The molecule has 0 radical (unpaired) electrons. The van der Waals surface area contributed by atoms with Gasteiger partial charge in [-0.05, 0) is 5.56 Å². The Morgan fingerprint density at radius 3 is 2.53 bits per heavy atom. The van der Waals surface area contributed by atoms with E-state index in [9.17, 15) is 14.9 Å². The molecule has 1 N–H and O–H groups in total. The fourth-order valence-corrected chi connectivity index (χ4v) is 4.05. The van der Waals surface area contributed by atoms with Gasteiger partial charge < -0.3 is 19.5 Å². The van der Waals surface area contributed by atoms with Crippen LogP contribution in [0.5, 0.6) is 5.75 Å². The molecule has 3 heterocycles. The molecule has 1 amide bonds. The number of carbonyl (C=O) groups excluding carboxylic acids is 2. The van der Waals surface area contributed by atoms with Crippen molar-refractivity contribution in [3.8, 4) is 11.8 Å². The Kier molecular flexibility index (Phi) is 6.10. The molecule has 0 unspecified atom stereocenters. The Morgan fingerprint density at radius 2 is 1.88 bits per heavy atom. The number of methoxy groups -OCH3 is 1. The van der Waals surface area contributed by atoms with Crippen LogP contribution >= 0.6 is 11.6 Å².